The SMILES string of the molecule is CC(C)c1cccc(C(C)C)c1-n1c(-c2cccc(-c3cccc(-c4[c-]cc5c(c4)C4c6ccccc6C5c5ccccc54)n3)c2O)nc2ccccc21.[Pt]. The van der Waals surface area contributed by atoms with Crippen molar-refractivity contribution >= 4 is 11.0 Å². The number of aromatic nitrogens is 3. The Kier molecular flexibility index (Phi) is 8.71. The summed E-state index contributed by atoms with van der Waals surface area (Å²) >= 11 is 0. The summed E-state index contributed by atoms with van der Waals surface area (Å²) < 4.78 is 2.26. The maximum atomic E-state index is 12.2. The summed E-state index contributed by atoms with van der Waals surface area (Å²) in [4.78, 5) is 10.4. The van der Waals surface area contributed by atoms with Crippen LogP contribution in [0, 0.1) is 6.07 Å². The summed E-state index contributed by atoms with van der Waals surface area (Å²) in [6.07, 6.45) is 0. The fraction of sp³-hybridized carbons (Fsp3) is 0.160. The number of phenols is 1. The summed E-state index contributed by atoms with van der Waals surface area (Å²) in [7, 11) is 0. The molecule has 3 aliphatic rings. The van der Waals surface area contributed by atoms with Crippen molar-refractivity contribution in [3.05, 3.63) is 190 Å². The number of aromatic hydroxyl groups is 1. The molecule has 5 heteroatoms. The minimum absolute atomic E-state index is 0. The first kappa shape index (κ1) is 35.1. The molecule has 0 aliphatic heterocycles. The third kappa shape index (κ3) is 5.45. The summed E-state index contributed by atoms with van der Waals surface area (Å²) in [5.74, 6) is 1.83. The summed E-state index contributed by atoms with van der Waals surface area (Å²) in [5.41, 5.74) is 17.5. The van der Waals surface area contributed by atoms with E-state index in [-0.39, 0.29) is 38.7 Å². The molecular weight excluding hydrogens is 854 g/mol. The van der Waals surface area contributed by atoms with Crippen LogP contribution in [0.25, 0.3) is 50.6 Å². The Morgan fingerprint density at radius 3 is 1.76 bits per heavy atom. The molecule has 2 aromatic heterocycles. The first-order valence-electron chi connectivity index (χ1n) is 19.0. The van der Waals surface area contributed by atoms with Gasteiger partial charge in [-0.2, -0.15) is 0 Å². The van der Waals surface area contributed by atoms with Crippen molar-refractivity contribution in [2.24, 2.45) is 0 Å². The fourth-order valence-corrected chi connectivity index (χ4v) is 9.11. The van der Waals surface area contributed by atoms with Crippen molar-refractivity contribution in [1.82, 2.24) is 14.5 Å². The number of fused-ring (bicyclic) bond motifs is 1. The van der Waals surface area contributed by atoms with Crippen molar-refractivity contribution < 1.29 is 26.2 Å². The van der Waals surface area contributed by atoms with Crippen LogP contribution >= 0.6 is 0 Å². The molecule has 0 spiro atoms. The van der Waals surface area contributed by atoms with Gasteiger partial charge in [-0.15, -0.1) is 34.9 Å². The molecule has 0 atom stereocenters. The van der Waals surface area contributed by atoms with E-state index >= 15 is 0 Å². The molecule has 2 bridgehead atoms. The maximum Gasteiger partial charge on any atom is 0.149 e. The van der Waals surface area contributed by atoms with Gasteiger partial charge in [-0.1, -0.05) is 125 Å². The molecule has 8 aromatic rings. The van der Waals surface area contributed by atoms with Gasteiger partial charge in [-0.05, 0) is 81.2 Å². The molecule has 3 aliphatic carbocycles. The van der Waals surface area contributed by atoms with Crippen molar-refractivity contribution in [2.45, 2.75) is 51.4 Å². The zero-order valence-corrected chi connectivity index (χ0v) is 33.5. The van der Waals surface area contributed by atoms with Gasteiger partial charge in [-0.3, -0.25) is 9.55 Å². The second-order valence-electron chi connectivity index (χ2n) is 15.3. The fourth-order valence-electron chi connectivity index (χ4n) is 9.11. The van der Waals surface area contributed by atoms with Crippen LogP contribution < -0.4 is 0 Å². The maximum absolute atomic E-state index is 12.2. The number of para-hydroxylation sites is 4. The van der Waals surface area contributed by atoms with Crippen LogP contribution in [0.4, 0.5) is 0 Å². The Bertz CT molecular complexity index is 2700. The number of nitrogens with zero attached hydrogens (tertiary/aromatic N) is 3. The summed E-state index contributed by atoms with van der Waals surface area (Å²) in [6.45, 7) is 8.95. The van der Waals surface area contributed by atoms with Crippen LogP contribution in [0.3, 0.4) is 0 Å². The molecule has 1 N–H and O–H groups in total. The molecule has 4 nitrogen and oxygen atoms in total. The van der Waals surface area contributed by atoms with Crippen LogP contribution in [-0.4, -0.2) is 19.6 Å². The molecule has 0 amide bonds. The number of phenolic OH excluding ortho intramolecular Hbond substituents is 1. The van der Waals surface area contributed by atoms with Crippen LogP contribution in [0.2, 0.25) is 0 Å². The average molecular weight is 894 g/mol. The Hall–Kier alpha value is -5.57. The predicted octanol–water partition coefficient (Wildman–Crippen LogP) is 12.2. The smallest absolute Gasteiger partial charge is 0.149 e. The van der Waals surface area contributed by atoms with E-state index in [2.05, 4.69) is 129 Å². The van der Waals surface area contributed by atoms with E-state index in [1.54, 1.807) is 0 Å². The summed E-state index contributed by atoms with van der Waals surface area (Å²) in [6, 6.07) is 52.7. The van der Waals surface area contributed by atoms with Crippen LogP contribution in [0.15, 0.2) is 140 Å². The Balaban J connectivity index is 0.00000397. The predicted molar refractivity (Wildman–Crippen MR) is 219 cm³/mol. The number of hydrogen-bond donors (Lipinski definition) is 1. The first-order valence-corrected chi connectivity index (χ1v) is 19.0. The van der Waals surface area contributed by atoms with Gasteiger partial charge in [0.1, 0.15) is 11.6 Å². The molecule has 0 radical (unpaired) electrons. The van der Waals surface area contributed by atoms with Gasteiger partial charge in [0, 0.05) is 38.5 Å². The van der Waals surface area contributed by atoms with Gasteiger partial charge >= 0.3 is 0 Å². The van der Waals surface area contributed by atoms with Crippen molar-refractivity contribution in [3.8, 4) is 45.3 Å². The van der Waals surface area contributed by atoms with Crippen LogP contribution in [-0.2, 0) is 21.1 Å². The van der Waals surface area contributed by atoms with Gasteiger partial charge in [0.2, 0.25) is 0 Å². The standard InChI is InChI=1S/C50H40N3O.Pt/c1-29(2)32-18-11-19-33(30(3)4)48(32)53-45-25-10-9-22-44(45)52-50(53)40-21-12-20-39(49(40)54)43-24-13-23-42(51-43)31-26-27-38-41(28-31)47-36-16-7-5-14-34(36)46(38)35-15-6-8-17-37(35)47;/h5-25,27-30,46-47,54H,1-4H3;/q-1;. The van der Waals surface area contributed by atoms with Gasteiger partial charge in [0.15, 0.2) is 0 Å². The van der Waals surface area contributed by atoms with Gasteiger partial charge in [-0.25, -0.2) is 4.98 Å². The van der Waals surface area contributed by atoms with Crippen molar-refractivity contribution in [1.29, 1.82) is 0 Å². The zero-order valence-electron chi connectivity index (χ0n) is 31.2. The van der Waals surface area contributed by atoms with E-state index in [4.69, 9.17) is 9.97 Å². The number of benzene rings is 6. The third-order valence-corrected chi connectivity index (χ3v) is 11.6. The average Bonchev–Trinajstić information content (AvgIpc) is 3.59. The second kappa shape index (κ2) is 13.6. The molecule has 0 unspecified atom stereocenters. The van der Waals surface area contributed by atoms with E-state index in [0.717, 1.165) is 28.0 Å². The molecule has 11 rings (SSSR count). The Morgan fingerprint density at radius 2 is 1.11 bits per heavy atom. The number of rotatable bonds is 6. The third-order valence-electron chi connectivity index (χ3n) is 11.6. The topological polar surface area (TPSA) is 50.9 Å². The van der Waals surface area contributed by atoms with Crippen molar-refractivity contribution in [2.75, 3.05) is 0 Å². The van der Waals surface area contributed by atoms with E-state index in [0.29, 0.717) is 34.5 Å². The minimum Gasteiger partial charge on any atom is -0.506 e. The molecule has 0 saturated carbocycles. The molecule has 0 saturated heterocycles. The first-order chi connectivity index (χ1) is 26.4. The quantitative estimate of drug-likeness (QED) is 0.169. The normalized spacial score (nSPS) is 15.2. The van der Waals surface area contributed by atoms with Crippen molar-refractivity contribution in [3.63, 3.8) is 0 Å². The monoisotopic (exact) mass is 893 g/mol. The summed E-state index contributed by atoms with van der Waals surface area (Å²) in [5, 5.41) is 12.2. The number of pyridine rings is 1. The van der Waals surface area contributed by atoms with E-state index in [9.17, 15) is 5.11 Å². The molecule has 2 heterocycles. The Labute approximate surface area is 336 Å². The minimum atomic E-state index is 0. The Morgan fingerprint density at radius 1 is 0.564 bits per heavy atom. The molecular formula is C50H40N3OPt-. The molecule has 6 aromatic carbocycles. The van der Waals surface area contributed by atoms with E-state index < -0.39 is 0 Å². The molecule has 272 valence electrons. The van der Waals surface area contributed by atoms with Crippen LogP contribution in [0.5, 0.6) is 5.75 Å². The van der Waals surface area contributed by atoms with Gasteiger partial charge in [0.05, 0.1) is 28.0 Å². The van der Waals surface area contributed by atoms with Crippen LogP contribution in [0.1, 0.15) is 95.9 Å². The number of imidazole rings is 1. The number of hydrogen-bond acceptors (Lipinski definition) is 3. The zero-order chi connectivity index (χ0) is 36.7. The van der Waals surface area contributed by atoms with Gasteiger partial charge in [0.25, 0.3) is 0 Å². The molecule has 0 fully saturated rings. The van der Waals surface area contributed by atoms with E-state index in [1.807, 2.05) is 48.5 Å². The molecule has 55 heavy (non-hydrogen) atoms. The van der Waals surface area contributed by atoms with E-state index in [1.165, 1.54) is 44.5 Å². The second-order valence-corrected chi connectivity index (χ2v) is 15.3. The van der Waals surface area contributed by atoms with Gasteiger partial charge < -0.3 is 5.11 Å². The largest absolute Gasteiger partial charge is 0.506 e.